The van der Waals surface area contributed by atoms with Crippen molar-refractivity contribution >= 4 is 17.8 Å². The molecule has 0 spiro atoms. The number of hydrogen-bond acceptors (Lipinski definition) is 8. The Morgan fingerprint density at radius 1 is 1.11 bits per heavy atom. The lowest BCUT2D eigenvalue weighted by molar-refractivity contribution is -0.146. The molecule has 1 unspecified atom stereocenters. The zero-order valence-corrected chi connectivity index (χ0v) is 19.9. The molecule has 2 aromatic rings. The van der Waals surface area contributed by atoms with Gasteiger partial charge in [0.2, 0.25) is 5.95 Å². The van der Waals surface area contributed by atoms with Crippen molar-refractivity contribution < 1.29 is 23.8 Å². The lowest BCUT2D eigenvalue weighted by atomic mass is 9.95. The standard InChI is InChI=1S/C25H31N5O5/c1-17-22(24(32)35-20-5-3-2-4-6-20)23(30-25(28-17)26-16-27-30)18-7-9-19(10-8-18)34-15-21(31)29-11-13-33-14-12-29/h7-10,16,20,23H,2-6,11-15H2,1H3,(H,26,27,28). The topological polar surface area (TPSA) is 108 Å². The second-order valence-electron chi connectivity index (χ2n) is 9.11. The van der Waals surface area contributed by atoms with Gasteiger partial charge in [0.1, 0.15) is 24.2 Å². The van der Waals surface area contributed by atoms with Gasteiger partial charge >= 0.3 is 5.97 Å². The summed E-state index contributed by atoms with van der Waals surface area (Å²) in [5.41, 5.74) is 2.07. The number of fused-ring (bicyclic) bond motifs is 1. The second-order valence-corrected chi connectivity index (χ2v) is 9.11. The number of nitrogens with zero attached hydrogens (tertiary/aromatic N) is 4. The number of aromatic nitrogens is 3. The van der Waals surface area contributed by atoms with Crippen LogP contribution in [0.3, 0.4) is 0 Å². The van der Waals surface area contributed by atoms with Crippen LogP contribution in [0.25, 0.3) is 0 Å². The Hall–Kier alpha value is -3.40. The van der Waals surface area contributed by atoms with E-state index in [9.17, 15) is 9.59 Å². The van der Waals surface area contributed by atoms with Gasteiger partial charge in [0, 0.05) is 18.8 Å². The summed E-state index contributed by atoms with van der Waals surface area (Å²) in [7, 11) is 0. The van der Waals surface area contributed by atoms with Gasteiger partial charge in [0.05, 0.1) is 18.8 Å². The monoisotopic (exact) mass is 481 g/mol. The summed E-state index contributed by atoms with van der Waals surface area (Å²) in [5.74, 6) is 0.757. The van der Waals surface area contributed by atoms with Gasteiger partial charge < -0.3 is 24.4 Å². The number of hydrogen-bond donors (Lipinski definition) is 1. The summed E-state index contributed by atoms with van der Waals surface area (Å²) < 4.78 is 18.6. The van der Waals surface area contributed by atoms with Gasteiger partial charge in [-0.05, 0) is 50.3 Å². The molecule has 1 atom stereocenters. The molecule has 0 radical (unpaired) electrons. The van der Waals surface area contributed by atoms with E-state index >= 15 is 0 Å². The number of morpholine rings is 1. The lowest BCUT2D eigenvalue weighted by Crippen LogP contribution is -2.42. The molecule has 2 aliphatic heterocycles. The van der Waals surface area contributed by atoms with Crippen LogP contribution in [0.2, 0.25) is 0 Å². The maximum absolute atomic E-state index is 13.3. The van der Waals surface area contributed by atoms with Gasteiger partial charge in [-0.3, -0.25) is 4.79 Å². The quantitative estimate of drug-likeness (QED) is 0.628. The third kappa shape index (κ3) is 5.17. The first-order valence-corrected chi connectivity index (χ1v) is 12.3. The van der Waals surface area contributed by atoms with Crippen molar-refractivity contribution in [2.45, 2.75) is 51.2 Å². The first-order chi connectivity index (χ1) is 17.1. The van der Waals surface area contributed by atoms with Gasteiger partial charge in [0.15, 0.2) is 6.61 Å². The lowest BCUT2D eigenvalue weighted by Gasteiger charge is -2.30. The highest BCUT2D eigenvalue weighted by Crippen LogP contribution is 2.36. The molecule has 35 heavy (non-hydrogen) atoms. The molecule has 1 N–H and O–H groups in total. The first-order valence-electron chi connectivity index (χ1n) is 12.3. The molecule has 1 aliphatic carbocycles. The summed E-state index contributed by atoms with van der Waals surface area (Å²) in [6, 6.07) is 6.91. The second kappa shape index (κ2) is 10.5. The molecule has 1 saturated carbocycles. The first kappa shape index (κ1) is 23.3. The van der Waals surface area contributed by atoms with E-state index in [2.05, 4.69) is 15.4 Å². The summed E-state index contributed by atoms with van der Waals surface area (Å²) in [6.07, 6.45) is 6.58. The molecule has 1 amide bonds. The molecule has 1 saturated heterocycles. The van der Waals surface area contributed by atoms with Crippen molar-refractivity contribution in [1.82, 2.24) is 19.7 Å². The van der Waals surface area contributed by atoms with Crippen molar-refractivity contribution in [1.29, 1.82) is 0 Å². The molecule has 0 bridgehead atoms. The molecule has 2 fully saturated rings. The van der Waals surface area contributed by atoms with Gasteiger partial charge in [-0.15, -0.1) is 0 Å². The Kier molecular flexibility index (Phi) is 6.98. The van der Waals surface area contributed by atoms with Crippen LogP contribution in [0.1, 0.15) is 50.6 Å². The predicted octanol–water partition coefficient (Wildman–Crippen LogP) is 2.68. The van der Waals surface area contributed by atoms with E-state index in [1.165, 1.54) is 12.7 Å². The molecule has 186 valence electrons. The van der Waals surface area contributed by atoms with E-state index in [1.54, 1.807) is 21.7 Å². The number of carbonyl (C=O) groups is 2. The average Bonchev–Trinajstić information content (AvgIpc) is 3.36. The highest BCUT2D eigenvalue weighted by atomic mass is 16.5. The van der Waals surface area contributed by atoms with Crippen LogP contribution < -0.4 is 10.1 Å². The fourth-order valence-corrected chi connectivity index (χ4v) is 4.86. The highest BCUT2D eigenvalue weighted by Gasteiger charge is 2.35. The van der Waals surface area contributed by atoms with Crippen LogP contribution in [-0.4, -0.2) is 70.6 Å². The summed E-state index contributed by atoms with van der Waals surface area (Å²) >= 11 is 0. The van der Waals surface area contributed by atoms with Crippen LogP contribution in [0.5, 0.6) is 5.75 Å². The summed E-state index contributed by atoms with van der Waals surface area (Å²) in [6.45, 7) is 4.11. The number of benzene rings is 1. The number of anilines is 1. The van der Waals surface area contributed by atoms with E-state index in [-0.39, 0.29) is 24.6 Å². The Balaban J connectivity index is 1.32. The molecule has 1 aromatic heterocycles. The predicted molar refractivity (Wildman–Crippen MR) is 127 cm³/mol. The average molecular weight is 482 g/mol. The molecule has 10 heteroatoms. The van der Waals surface area contributed by atoms with Crippen molar-refractivity contribution in [2.75, 3.05) is 38.2 Å². The van der Waals surface area contributed by atoms with E-state index in [4.69, 9.17) is 14.2 Å². The number of allylic oxidation sites excluding steroid dienone is 1. The van der Waals surface area contributed by atoms with Gasteiger partial charge in [-0.25, -0.2) is 9.48 Å². The maximum Gasteiger partial charge on any atom is 0.338 e. The Morgan fingerprint density at radius 3 is 2.60 bits per heavy atom. The minimum atomic E-state index is -0.478. The van der Waals surface area contributed by atoms with Crippen molar-refractivity contribution in [3.63, 3.8) is 0 Å². The summed E-state index contributed by atoms with van der Waals surface area (Å²) in [4.78, 5) is 31.7. The van der Waals surface area contributed by atoms with Crippen LogP contribution in [-0.2, 0) is 19.1 Å². The SMILES string of the molecule is CC1=C(C(=O)OC2CCCCC2)C(c2ccc(OCC(=O)N3CCOCC3)cc2)n2ncnc2N1. The number of rotatable bonds is 6. The zero-order valence-electron chi connectivity index (χ0n) is 19.9. The zero-order chi connectivity index (χ0) is 24.2. The van der Waals surface area contributed by atoms with Crippen molar-refractivity contribution in [3.05, 3.63) is 47.4 Å². The van der Waals surface area contributed by atoms with E-state index < -0.39 is 6.04 Å². The van der Waals surface area contributed by atoms with Gasteiger partial charge in [-0.2, -0.15) is 10.1 Å². The normalized spacial score (nSPS) is 20.7. The molecule has 3 heterocycles. The number of esters is 1. The van der Waals surface area contributed by atoms with E-state index in [1.807, 2.05) is 19.1 Å². The minimum absolute atomic E-state index is 0.0299. The Morgan fingerprint density at radius 2 is 1.86 bits per heavy atom. The van der Waals surface area contributed by atoms with Crippen LogP contribution in [0.15, 0.2) is 41.9 Å². The van der Waals surface area contributed by atoms with Crippen molar-refractivity contribution in [3.8, 4) is 5.75 Å². The molecule has 10 nitrogen and oxygen atoms in total. The fourth-order valence-electron chi connectivity index (χ4n) is 4.86. The Bertz CT molecular complexity index is 1080. The largest absolute Gasteiger partial charge is 0.484 e. The van der Waals surface area contributed by atoms with Crippen LogP contribution in [0, 0.1) is 0 Å². The van der Waals surface area contributed by atoms with Crippen LogP contribution >= 0.6 is 0 Å². The molecule has 3 aliphatic rings. The number of nitrogens with one attached hydrogen (secondary N) is 1. The van der Waals surface area contributed by atoms with Gasteiger partial charge in [0.25, 0.3) is 5.91 Å². The smallest absolute Gasteiger partial charge is 0.338 e. The summed E-state index contributed by atoms with van der Waals surface area (Å²) in [5, 5.41) is 7.55. The third-order valence-electron chi connectivity index (χ3n) is 6.76. The third-order valence-corrected chi connectivity index (χ3v) is 6.76. The molecule has 1 aromatic carbocycles. The van der Waals surface area contributed by atoms with Crippen LogP contribution in [0.4, 0.5) is 5.95 Å². The number of carbonyl (C=O) groups excluding carboxylic acids is 2. The number of ether oxygens (including phenoxy) is 3. The van der Waals surface area contributed by atoms with Gasteiger partial charge in [-0.1, -0.05) is 18.6 Å². The van der Waals surface area contributed by atoms with E-state index in [0.29, 0.717) is 49.3 Å². The highest BCUT2D eigenvalue weighted by molar-refractivity contribution is 5.92. The van der Waals surface area contributed by atoms with E-state index in [0.717, 1.165) is 31.2 Å². The Labute approximate surface area is 204 Å². The molecule has 5 rings (SSSR count). The number of amides is 1. The molecular formula is C25H31N5O5. The maximum atomic E-state index is 13.3. The minimum Gasteiger partial charge on any atom is -0.484 e. The fraction of sp³-hybridized carbons (Fsp3) is 0.520. The molecular weight excluding hydrogens is 450 g/mol. The van der Waals surface area contributed by atoms with Crippen molar-refractivity contribution in [2.24, 2.45) is 0 Å².